The molecule has 0 saturated heterocycles. The normalized spacial score (nSPS) is 11.4. The first kappa shape index (κ1) is 24.3. The van der Waals surface area contributed by atoms with Crippen molar-refractivity contribution in [3.63, 3.8) is 0 Å². The van der Waals surface area contributed by atoms with Gasteiger partial charge < -0.3 is 5.32 Å². The smallest absolute Gasteiger partial charge is 0.0497 e. The van der Waals surface area contributed by atoms with Crippen molar-refractivity contribution in [2.45, 2.75) is 20.3 Å². The minimum Gasteiger partial charge on any atom is -0.387 e. The lowest BCUT2D eigenvalue weighted by Gasteiger charge is -2.19. The van der Waals surface area contributed by atoms with Gasteiger partial charge in [-0.2, -0.15) is 0 Å². The molecule has 5 aromatic rings. The highest BCUT2D eigenvalue weighted by atomic mass is 14.8. The Hall–Kier alpha value is -4.36. The Morgan fingerprint density at radius 1 is 0.595 bits per heavy atom. The second kappa shape index (κ2) is 11.1. The van der Waals surface area contributed by atoms with E-state index >= 15 is 0 Å². The highest BCUT2D eigenvalue weighted by Crippen LogP contribution is 2.40. The third-order valence-electron chi connectivity index (χ3n) is 6.92. The van der Waals surface area contributed by atoms with Gasteiger partial charge in [0, 0.05) is 23.9 Å². The molecule has 0 unspecified atom stereocenters. The van der Waals surface area contributed by atoms with Gasteiger partial charge in [-0.1, -0.05) is 132 Å². The van der Waals surface area contributed by atoms with E-state index in [4.69, 9.17) is 0 Å². The maximum Gasteiger partial charge on any atom is 0.0497 e. The molecule has 0 amide bonds. The van der Waals surface area contributed by atoms with Crippen molar-refractivity contribution in [1.29, 1.82) is 0 Å². The Labute approximate surface area is 221 Å². The molecule has 0 saturated carbocycles. The van der Waals surface area contributed by atoms with E-state index in [9.17, 15) is 0 Å². The summed E-state index contributed by atoms with van der Waals surface area (Å²) in [5, 5.41) is 3.57. The molecule has 0 radical (unpaired) electrons. The minimum atomic E-state index is 0.857. The minimum absolute atomic E-state index is 0.857. The Bertz CT molecular complexity index is 1490. The predicted octanol–water partition coefficient (Wildman–Crippen LogP) is 9.46. The quantitative estimate of drug-likeness (QED) is 0.229. The van der Waals surface area contributed by atoms with Crippen molar-refractivity contribution in [3.8, 4) is 22.3 Å². The summed E-state index contributed by atoms with van der Waals surface area (Å²) in [5.74, 6) is 0. The number of benzene rings is 5. The summed E-state index contributed by atoms with van der Waals surface area (Å²) in [6, 6.07) is 43.6. The fraction of sp³-hybridized carbons (Fsp3) is 0.111. The van der Waals surface area contributed by atoms with Gasteiger partial charge in [0.1, 0.15) is 0 Å². The standard InChI is InChI=1S/C36H33N/c1-26-14-18-30(19-15-26)33-22-23-34(31-20-16-27(2)17-21-31)36(37-3)35(33)25-32(29-12-8-5-9-13-29)24-28-10-6-4-7-11-28/h4-23,25,37H,24H2,1-3H3/b32-25+. The van der Waals surface area contributed by atoms with E-state index in [1.54, 1.807) is 0 Å². The summed E-state index contributed by atoms with van der Waals surface area (Å²) >= 11 is 0. The van der Waals surface area contributed by atoms with Crippen molar-refractivity contribution in [2.75, 3.05) is 12.4 Å². The van der Waals surface area contributed by atoms with E-state index in [2.05, 4.69) is 147 Å². The SMILES string of the molecule is CNc1c(-c2ccc(C)cc2)ccc(-c2ccc(C)cc2)c1/C=C(\Cc1ccccc1)c1ccccc1. The zero-order chi connectivity index (χ0) is 25.6. The first-order chi connectivity index (χ1) is 18.1. The molecular formula is C36H33N. The van der Waals surface area contributed by atoms with Gasteiger partial charge in [0.25, 0.3) is 0 Å². The van der Waals surface area contributed by atoms with Crippen molar-refractivity contribution >= 4 is 17.3 Å². The zero-order valence-corrected chi connectivity index (χ0v) is 21.8. The number of allylic oxidation sites excluding steroid dienone is 1. The Balaban J connectivity index is 1.76. The monoisotopic (exact) mass is 479 g/mol. The van der Waals surface area contributed by atoms with Crippen LogP contribution >= 0.6 is 0 Å². The maximum atomic E-state index is 3.57. The molecule has 0 spiro atoms. The van der Waals surface area contributed by atoms with Gasteiger partial charge in [0.15, 0.2) is 0 Å². The van der Waals surface area contributed by atoms with Crippen molar-refractivity contribution in [3.05, 3.63) is 149 Å². The molecule has 0 aliphatic carbocycles. The van der Waals surface area contributed by atoms with E-state index in [0.717, 1.165) is 12.1 Å². The molecule has 37 heavy (non-hydrogen) atoms. The highest BCUT2D eigenvalue weighted by Gasteiger charge is 2.16. The van der Waals surface area contributed by atoms with Gasteiger partial charge in [0.05, 0.1) is 0 Å². The Morgan fingerprint density at radius 3 is 1.68 bits per heavy atom. The second-order valence-corrected chi connectivity index (χ2v) is 9.63. The zero-order valence-electron chi connectivity index (χ0n) is 21.8. The lowest BCUT2D eigenvalue weighted by molar-refractivity contribution is 1.29. The molecule has 1 nitrogen and oxygen atoms in total. The van der Waals surface area contributed by atoms with Crippen LogP contribution < -0.4 is 5.32 Å². The molecule has 0 aromatic heterocycles. The van der Waals surface area contributed by atoms with Gasteiger partial charge in [-0.3, -0.25) is 0 Å². The van der Waals surface area contributed by atoms with Gasteiger partial charge in [-0.25, -0.2) is 0 Å². The summed E-state index contributed by atoms with van der Waals surface area (Å²) < 4.78 is 0. The molecule has 5 aromatic carbocycles. The Morgan fingerprint density at radius 2 is 1.11 bits per heavy atom. The third-order valence-corrected chi connectivity index (χ3v) is 6.92. The number of hydrogen-bond donors (Lipinski definition) is 1. The summed E-state index contributed by atoms with van der Waals surface area (Å²) in [4.78, 5) is 0. The van der Waals surface area contributed by atoms with Gasteiger partial charge in [-0.15, -0.1) is 0 Å². The third kappa shape index (κ3) is 5.57. The number of nitrogens with one attached hydrogen (secondary N) is 1. The molecule has 0 heterocycles. The summed E-state index contributed by atoms with van der Waals surface area (Å²) in [6.07, 6.45) is 3.25. The van der Waals surface area contributed by atoms with Crippen LogP contribution in [0.2, 0.25) is 0 Å². The number of rotatable bonds is 7. The van der Waals surface area contributed by atoms with Crippen LogP contribution in [-0.4, -0.2) is 7.05 Å². The van der Waals surface area contributed by atoms with Gasteiger partial charge >= 0.3 is 0 Å². The van der Waals surface area contributed by atoms with Crippen LogP contribution in [0.15, 0.2) is 121 Å². The molecule has 5 rings (SSSR count). The van der Waals surface area contributed by atoms with E-state index < -0.39 is 0 Å². The average molecular weight is 480 g/mol. The van der Waals surface area contributed by atoms with E-state index in [1.165, 1.54) is 55.6 Å². The highest BCUT2D eigenvalue weighted by molar-refractivity contribution is 5.97. The molecule has 0 bridgehead atoms. The topological polar surface area (TPSA) is 12.0 Å². The molecule has 1 N–H and O–H groups in total. The molecule has 0 fully saturated rings. The van der Waals surface area contributed by atoms with E-state index in [-0.39, 0.29) is 0 Å². The largest absolute Gasteiger partial charge is 0.387 e. The number of anilines is 1. The average Bonchev–Trinajstić information content (AvgIpc) is 2.94. The van der Waals surface area contributed by atoms with Crippen LogP contribution in [0, 0.1) is 13.8 Å². The first-order valence-electron chi connectivity index (χ1n) is 12.9. The molecule has 0 aliphatic rings. The molecule has 182 valence electrons. The summed E-state index contributed by atoms with van der Waals surface area (Å²) in [6.45, 7) is 4.27. The van der Waals surface area contributed by atoms with E-state index in [0.29, 0.717) is 0 Å². The van der Waals surface area contributed by atoms with Crippen LogP contribution in [0.1, 0.15) is 27.8 Å². The fourth-order valence-corrected chi connectivity index (χ4v) is 4.88. The molecule has 0 atom stereocenters. The molecular weight excluding hydrogens is 446 g/mol. The number of aryl methyl sites for hydroxylation is 2. The number of hydrogen-bond acceptors (Lipinski definition) is 1. The van der Waals surface area contributed by atoms with Crippen LogP contribution in [0.4, 0.5) is 5.69 Å². The fourth-order valence-electron chi connectivity index (χ4n) is 4.88. The van der Waals surface area contributed by atoms with Crippen LogP contribution in [-0.2, 0) is 6.42 Å². The van der Waals surface area contributed by atoms with Crippen LogP contribution in [0.5, 0.6) is 0 Å². The molecule has 1 heteroatoms. The second-order valence-electron chi connectivity index (χ2n) is 9.63. The lowest BCUT2D eigenvalue weighted by atomic mass is 9.88. The van der Waals surface area contributed by atoms with Crippen LogP contribution in [0.3, 0.4) is 0 Å². The maximum absolute atomic E-state index is 3.57. The predicted molar refractivity (Wildman–Crippen MR) is 161 cm³/mol. The first-order valence-corrected chi connectivity index (χ1v) is 12.9. The summed E-state index contributed by atoms with van der Waals surface area (Å²) in [5.41, 5.74) is 13.6. The van der Waals surface area contributed by atoms with Crippen molar-refractivity contribution in [1.82, 2.24) is 0 Å². The van der Waals surface area contributed by atoms with Crippen molar-refractivity contribution in [2.24, 2.45) is 0 Å². The van der Waals surface area contributed by atoms with E-state index in [1.807, 2.05) is 7.05 Å². The van der Waals surface area contributed by atoms with Gasteiger partial charge in [-0.05, 0) is 59.7 Å². The van der Waals surface area contributed by atoms with Crippen LogP contribution in [0.25, 0.3) is 33.9 Å². The molecule has 0 aliphatic heterocycles. The summed E-state index contributed by atoms with van der Waals surface area (Å²) in [7, 11) is 2.03. The van der Waals surface area contributed by atoms with Crippen molar-refractivity contribution < 1.29 is 0 Å². The lowest BCUT2D eigenvalue weighted by Crippen LogP contribution is -2.00. The Kier molecular flexibility index (Phi) is 7.33. The van der Waals surface area contributed by atoms with Gasteiger partial charge in [0.2, 0.25) is 0 Å².